The molecule has 4 heteroatoms. The summed E-state index contributed by atoms with van der Waals surface area (Å²) in [6, 6.07) is 0. The summed E-state index contributed by atoms with van der Waals surface area (Å²) in [7, 11) is 0. The van der Waals surface area contributed by atoms with Gasteiger partial charge in [0.2, 0.25) is 0 Å². The molecule has 2 N–H and O–H groups in total. The largest absolute Gasteiger partial charge is 0.396 e. The average Bonchev–Trinajstić information content (AvgIpc) is 3.23. The summed E-state index contributed by atoms with van der Waals surface area (Å²) >= 11 is 0. The number of allylic oxidation sites excluding steroid dienone is 3. The zero-order chi connectivity index (χ0) is 18.9. The Bertz CT molecular complexity index is 686. The molecule has 1 heterocycles. The zero-order valence-corrected chi connectivity index (χ0v) is 16.8. The van der Waals surface area contributed by atoms with Crippen LogP contribution in [0.1, 0.15) is 65.2 Å². The summed E-state index contributed by atoms with van der Waals surface area (Å²) in [6.45, 7) is 5.78. The Kier molecular flexibility index (Phi) is 4.19. The summed E-state index contributed by atoms with van der Waals surface area (Å²) in [5.41, 5.74) is 4.39. The van der Waals surface area contributed by atoms with Gasteiger partial charge in [-0.25, -0.2) is 0 Å². The lowest BCUT2D eigenvalue weighted by atomic mass is 9.52. The predicted molar refractivity (Wildman–Crippen MR) is 103 cm³/mol. The van der Waals surface area contributed by atoms with E-state index in [1.807, 2.05) is 6.92 Å². The van der Waals surface area contributed by atoms with Gasteiger partial charge in [-0.3, -0.25) is 0 Å². The molecule has 5 atom stereocenters. The summed E-state index contributed by atoms with van der Waals surface area (Å²) in [4.78, 5) is 0. The van der Waals surface area contributed by atoms with Gasteiger partial charge in [-0.05, 0) is 73.8 Å². The van der Waals surface area contributed by atoms with Gasteiger partial charge < -0.3 is 19.7 Å². The van der Waals surface area contributed by atoms with E-state index in [2.05, 4.69) is 13.0 Å². The van der Waals surface area contributed by atoms with Crippen molar-refractivity contribution < 1.29 is 19.7 Å². The maximum absolute atomic E-state index is 10.6. The highest BCUT2D eigenvalue weighted by Crippen LogP contribution is 2.67. The molecule has 2 fully saturated rings. The van der Waals surface area contributed by atoms with Crippen LogP contribution < -0.4 is 0 Å². The second-order valence-electron chi connectivity index (χ2n) is 9.93. The third kappa shape index (κ3) is 2.36. The van der Waals surface area contributed by atoms with Crippen LogP contribution in [0.4, 0.5) is 0 Å². The van der Waals surface area contributed by atoms with E-state index in [9.17, 15) is 10.2 Å². The molecule has 0 radical (unpaired) electrons. The highest BCUT2D eigenvalue weighted by molar-refractivity contribution is 5.45. The van der Waals surface area contributed by atoms with Crippen molar-refractivity contribution in [2.24, 2.45) is 22.7 Å². The predicted octanol–water partition coefficient (Wildman–Crippen LogP) is 3.73. The fraction of sp³-hybridized carbons (Fsp3) is 0.826. The fourth-order valence-corrected chi connectivity index (χ4v) is 7.53. The summed E-state index contributed by atoms with van der Waals surface area (Å²) in [5, 5.41) is 20.9. The molecule has 1 spiro atoms. The molecule has 5 rings (SSSR count). The van der Waals surface area contributed by atoms with Crippen LogP contribution in [-0.2, 0) is 9.47 Å². The first kappa shape index (κ1) is 18.4. The highest BCUT2D eigenvalue weighted by atomic mass is 16.7. The van der Waals surface area contributed by atoms with E-state index in [4.69, 9.17) is 9.47 Å². The number of aliphatic hydroxyl groups excluding tert-OH is 2. The molecule has 27 heavy (non-hydrogen) atoms. The van der Waals surface area contributed by atoms with E-state index in [1.54, 1.807) is 16.7 Å². The Hall–Kier alpha value is -0.680. The van der Waals surface area contributed by atoms with Gasteiger partial charge in [0.15, 0.2) is 5.79 Å². The van der Waals surface area contributed by atoms with Crippen LogP contribution in [0.5, 0.6) is 0 Å². The molecule has 0 unspecified atom stereocenters. The first-order valence-corrected chi connectivity index (χ1v) is 10.9. The number of aliphatic hydroxyl groups is 2. The molecule has 0 aromatic rings. The van der Waals surface area contributed by atoms with Gasteiger partial charge in [0, 0.05) is 18.3 Å². The van der Waals surface area contributed by atoms with Crippen LogP contribution in [0.15, 0.2) is 22.8 Å². The van der Waals surface area contributed by atoms with Crippen molar-refractivity contribution in [2.75, 3.05) is 19.8 Å². The lowest BCUT2D eigenvalue weighted by Gasteiger charge is -2.53. The van der Waals surface area contributed by atoms with Crippen molar-refractivity contribution in [3.63, 3.8) is 0 Å². The molecule has 0 bridgehead atoms. The van der Waals surface area contributed by atoms with Crippen LogP contribution in [0.25, 0.3) is 0 Å². The second-order valence-corrected chi connectivity index (χ2v) is 9.93. The van der Waals surface area contributed by atoms with Gasteiger partial charge in [-0.15, -0.1) is 0 Å². The fourth-order valence-electron chi connectivity index (χ4n) is 7.53. The van der Waals surface area contributed by atoms with Crippen molar-refractivity contribution in [3.05, 3.63) is 22.8 Å². The van der Waals surface area contributed by atoms with E-state index >= 15 is 0 Å². The topological polar surface area (TPSA) is 58.9 Å². The van der Waals surface area contributed by atoms with E-state index in [0.717, 1.165) is 58.2 Å². The Balaban J connectivity index is 1.48. The van der Waals surface area contributed by atoms with Gasteiger partial charge >= 0.3 is 0 Å². The van der Waals surface area contributed by atoms with Crippen molar-refractivity contribution in [2.45, 2.75) is 77.1 Å². The van der Waals surface area contributed by atoms with Crippen LogP contribution in [0.2, 0.25) is 0 Å². The quantitative estimate of drug-likeness (QED) is 0.773. The Morgan fingerprint density at radius 1 is 1.19 bits per heavy atom. The van der Waals surface area contributed by atoms with E-state index in [-0.39, 0.29) is 23.2 Å². The smallest absolute Gasteiger partial charge is 0.172 e. The van der Waals surface area contributed by atoms with Gasteiger partial charge in [0.25, 0.3) is 0 Å². The van der Waals surface area contributed by atoms with E-state index < -0.39 is 6.10 Å². The van der Waals surface area contributed by atoms with Crippen LogP contribution >= 0.6 is 0 Å². The lowest BCUT2D eigenvalue weighted by Crippen LogP contribution is -2.51. The molecule has 0 amide bonds. The Morgan fingerprint density at radius 2 is 1.96 bits per heavy atom. The number of rotatable bonds is 2. The molecule has 0 aromatic carbocycles. The first-order chi connectivity index (χ1) is 12.9. The molecule has 0 aromatic heterocycles. The summed E-state index contributed by atoms with van der Waals surface area (Å²) in [5.74, 6) is 0.832. The van der Waals surface area contributed by atoms with E-state index in [0.29, 0.717) is 11.8 Å². The molecular formula is C23H34O4. The lowest BCUT2D eigenvalue weighted by molar-refractivity contribution is -0.164. The minimum absolute atomic E-state index is 0.00426. The van der Waals surface area contributed by atoms with Gasteiger partial charge in [-0.2, -0.15) is 0 Å². The van der Waals surface area contributed by atoms with Gasteiger partial charge in [-0.1, -0.05) is 18.6 Å². The molecule has 150 valence electrons. The Labute approximate surface area is 162 Å². The zero-order valence-electron chi connectivity index (χ0n) is 16.8. The number of hydrogen-bond acceptors (Lipinski definition) is 4. The summed E-state index contributed by atoms with van der Waals surface area (Å²) < 4.78 is 12.0. The Morgan fingerprint density at radius 3 is 2.67 bits per heavy atom. The SMILES string of the molecule is C[C@H](O)[C@@]1(CO)CC[C@H]2[C@@H]3CCC4=C(CCC5(C4)OCCO5)C3=CC[C@@]21C. The van der Waals surface area contributed by atoms with Crippen molar-refractivity contribution in [1.29, 1.82) is 0 Å². The summed E-state index contributed by atoms with van der Waals surface area (Å²) in [6.07, 6.45) is 10.4. The van der Waals surface area contributed by atoms with Crippen LogP contribution in [0, 0.1) is 22.7 Å². The molecule has 1 saturated carbocycles. The molecule has 4 aliphatic carbocycles. The van der Waals surface area contributed by atoms with Crippen molar-refractivity contribution in [1.82, 2.24) is 0 Å². The number of hydrogen-bond donors (Lipinski definition) is 2. The molecule has 1 saturated heterocycles. The first-order valence-electron chi connectivity index (χ1n) is 10.9. The minimum Gasteiger partial charge on any atom is -0.396 e. The van der Waals surface area contributed by atoms with Gasteiger partial charge in [0.1, 0.15) is 0 Å². The molecule has 4 nitrogen and oxygen atoms in total. The second kappa shape index (κ2) is 6.16. The number of fused-ring (bicyclic) bond motifs is 4. The maximum Gasteiger partial charge on any atom is 0.172 e. The van der Waals surface area contributed by atoms with Crippen molar-refractivity contribution >= 4 is 0 Å². The van der Waals surface area contributed by atoms with Crippen LogP contribution in [-0.4, -0.2) is 41.9 Å². The van der Waals surface area contributed by atoms with Gasteiger partial charge in [0.05, 0.1) is 25.9 Å². The third-order valence-electron chi connectivity index (χ3n) is 9.15. The highest BCUT2D eigenvalue weighted by Gasteiger charge is 2.62. The van der Waals surface area contributed by atoms with Crippen LogP contribution in [0.3, 0.4) is 0 Å². The maximum atomic E-state index is 10.6. The minimum atomic E-state index is -0.461. The average molecular weight is 375 g/mol. The molecule has 5 aliphatic rings. The van der Waals surface area contributed by atoms with Crippen molar-refractivity contribution in [3.8, 4) is 0 Å². The molecule has 1 aliphatic heterocycles. The standard InChI is InChI=1S/C23H34O4/c1-15(25)22(14-24)9-7-20-19-4-3-16-13-23(26-11-12-27-23)10-6-17(16)18(19)5-8-21(20,22)2/h5,15,19-20,24-25H,3-4,6-14H2,1-2H3/t15-,19+,20-,21-,22-/m0/s1. The third-order valence-corrected chi connectivity index (χ3v) is 9.15. The van der Waals surface area contributed by atoms with E-state index in [1.165, 1.54) is 6.42 Å². The normalized spacial score (nSPS) is 43.9. The molecular weight excluding hydrogens is 340 g/mol. The number of ether oxygens (including phenoxy) is 2. The monoisotopic (exact) mass is 374 g/mol.